The molecule has 0 bridgehead atoms. The van der Waals surface area contributed by atoms with Crippen LogP contribution in [0.15, 0.2) is 89.2 Å². The number of ether oxygens (including phenoxy) is 2. The zero-order valence-electron chi connectivity index (χ0n) is 21.2. The highest BCUT2D eigenvalue weighted by Crippen LogP contribution is 2.37. The van der Waals surface area contributed by atoms with Gasteiger partial charge in [-0.15, -0.1) is 11.3 Å². The van der Waals surface area contributed by atoms with E-state index in [1.165, 1.54) is 4.57 Å². The number of nitrogens with zero attached hydrogens (tertiary/aromatic N) is 2. The molecule has 0 radical (unpaired) electrons. The van der Waals surface area contributed by atoms with Gasteiger partial charge in [0.05, 0.1) is 41.9 Å². The average Bonchev–Trinajstić information content (AvgIpc) is 3.29. The molecular formula is C30H24N4O4S. The van der Waals surface area contributed by atoms with Crippen molar-refractivity contribution >= 4 is 40.4 Å². The minimum atomic E-state index is -0.795. The number of hydrogen-bond acceptors (Lipinski definition) is 7. The third-order valence-corrected chi connectivity index (χ3v) is 7.52. The standard InChI is InChI=1S/C30H24N4O4S/c1-37-21-12-8-18(9-13-21)16-24-29(36)34-27(32)23(17-31)25(19-10-14-22(38-2)15-11-19)26(30(34)39-24)28(35)33-20-6-4-3-5-7-20/h3-16,25H,32H2,1-2H3,(H,33,35)/b24-16-. The number of methoxy groups -OCH3 is 2. The number of fused-ring (bicyclic) bond motifs is 1. The van der Waals surface area contributed by atoms with E-state index in [0.29, 0.717) is 31.9 Å². The second-order valence-corrected chi connectivity index (χ2v) is 9.71. The fourth-order valence-corrected chi connectivity index (χ4v) is 5.64. The van der Waals surface area contributed by atoms with Gasteiger partial charge < -0.3 is 20.5 Å². The third-order valence-electron chi connectivity index (χ3n) is 6.41. The van der Waals surface area contributed by atoms with Crippen LogP contribution in [0.5, 0.6) is 11.5 Å². The van der Waals surface area contributed by atoms with Crippen LogP contribution in [0.2, 0.25) is 0 Å². The van der Waals surface area contributed by atoms with Crippen molar-refractivity contribution in [1.82, 2.24) is 4.57 Å². The summed E-state index contributed by atoms with van der Waals surface area (Å²) >= 11 is 1.15. The lowest BCUT2D eigenvalue weighted by Crippen LogP contribution is -2.40. The zero-order valence-corrected chi connectivity index (χ0v) is 22.0. The van der Waals surface area contributed by atoms with Crippen molar-refractivity contribution in [2.45, 2.75) is 5.92 Å². The van der Waals surface area contributed by atoms with Gasteiger partial charge in [0.15, 0.2) is 0 Å². The molecule has 1 aromatic heterocycles. The quantitative estimate of drug-likeness (QED) is 0.391. The minimum absolute atomic E-state index is 0.000195. The second kappa shape index (κ2) is 10.7. The normalized spacial score (nSPS) is 14.9. The predicted octanol–water partition coefficient (Wildman–Crippen LogP) is 2.99. The lowest BCUT2D eigenvalue weighted by Gasteiger charge is -2.25. The summed E-state index contributed by atoms with van der Waals surface area (Å²) < 4.78 is 12.5. The molecule has 194 valence electrons. The van der Waals surface area contributed by atoms with Crippen LogP contribution in [-0.4, -0.2) is 24.7 Å². The number of carbonyl (C=O) groups excluding carboxylic acids is 1. The summed E-state index contributed by atoms with van der Waals surface area (Å²) in [6.07, 6.45) is 1.73. The van der Waals surface area contributed by atoms with Crippen LogP contribution in [-0.2, 0) is 4.79 Å². The number of nitrogens with one attached hydrogen (secondary N) is 1. The van der Waals surface area contributed by atoms with E-state index in [4.69, 9.17) is 15.2 Å². The Hall–Kier alpha value is -5.07. The highest BCUT2D eigenvalue weighted by atomic mass is 32.1. The molecule has 0 fully saturated rings. The van der Waals surface area contributed by atoms with Crippen LogP contribution in [0.25, 0.3) is 17.5 Å². The van der Waals surface area contributed by atoms with E-state index in [1.807, 2.05) is 30.3 Å². The lowest BCUT2D eigenvalue weighted by atomic mass is 9.83. The Balaban J connectivity index is 1.78. The number of carbonyl (C=O) groups is 1. The van der Waals surface area contributed by atoms with Crippen molar-refractivity contribution in [2.75, 3.05) is 19.5 Å². The summed E-state index contributed by atoms with van der Waals surface area (Å²) in [6.45, 7) is 0. The van der Waals surface area contributed by atoms with Gasteiger partial charge in [-0.05, 0) is 53.6 Å². The first-order chi connectivity index (χ1) is 18.9. The third kappa shape index (κ3) is 4.81. The van der Waals surface area contributed by atoms with Gasteiger partial charge in [-0.3, -0.25) is 14.2 Å². The predicted molar refractivity (Wildman–Crippen MR) is 152 cm³/mol. The molecule has 39 heavy (non-hydrogen) atoms. The van der Waals surface area contributed by atoms with E-state index in [0.717, 1.165) is 16.9 Å². The van der Waals surface area contributed by atoms with Gasteiger partial charge in [0.25, 0.3) is 11.5 Å². The van der Waals surface area contributed by atoms with Crippen LogP contribution >= 0.6 is 11.3 Å². The molecule has 1 amide bonds. The summed E-state index contributed by atoms with van der Waals surface area (Å²) in [5.41, 5.74) is 8.46. The van der Waals surface area contributed by atoms with Crippen LogP contribution in [0.3, 0.4) is 0 Å². The van der Waals surface area contributed by atoms with Crippen LogP contribution in [0, 0.1) is 11.3 Å². The van der Waals surface area contributed by atoms with Crippen molar-refractivity contribution in [2.24, 2.45) is 5.73 Å². The van der Waals surface area contributed by atoms with Crippen molar-refractivity contribution < 1.29 is 14.3 Å². The summed E-state index contributed by atoms with van der Waals surface area (Å²) in [5, 5.41) is 13.1. The molecule has 8 nitrogen and oxygen atoms in total. The Morgan fingerprint density at radius 1 is 1.00 bits per heavy atom. The SMILES string of the molecule is COc1ccc(/C=c2\sc3n(c2=O)C(N)=C(C#N)C(c2ccc(OC)cc2)C=3C(=O)Nc2ccccc2)cc1. The highest BCUT2D eigenvalue weighted by molar-refractivity contribution is 7.07. The van der Waals surface area contributed by atoms with Crippen LogP contribution in [0.4, 0.5) is 5.69 Å². The van der Waals surface area contributed by atoms with Crippen molar-refractivity contribution in [1.29, 1.82) is 5.26 Å². The molecule has 3 aromatic carbocycles. The molecule has 0 saturated heterocycles. The van der Waals surface area contributed by atoms with Crippen molar-refractivity contribution in [3.05, 3.63) is 115 Å². The smallest absolute Gasteiger partial charge is 0.274 e. The molecule has 1 atom stereocenters. The van der Waals surface area contributed by atoms with Gasteiger partial charge in [-0.1, -0.05) is 42.5 Å². The van der Waals surface area contributed by atoms with Gasteiger partial charge >= 0.3 is 0 Å². The van der Waals surface area contributed by atoms with Gasteiger partial charge in [0, 0.05) is 5.69 Å². The molecular weight excluding hydrogens is 512 g/mol. The Bertz CT molecular complexity index is 1800. The van der Waals surface area contributed by atoms with Crippen molar-refractivity contribution in [3.63, 3.8) is 0 Å². The summed E-state index contributed by atoms with van der Waals surface area (Å²) in [5.74, 6) is 0.0883. The summed E-state index contributed by atoms with van der Waals surface area (Å²) in [4.78, 5) is 27.5. The molecule has 0 saturated carbocycles. The minimum Gasteiger partial charge on any atom is -0.497 e. The molecule has 5 rings (SSSR count). The number of allylic oxidation sites excluding steroid dienone is 1. The van der Waals surface area contributed by atoms with E-state index in [2.05, 4.69) is 11.4 Å². The van der Waals surface area contributed by atoms with E-state index < -0.39 is 17.4 Å². The first-order valence-electron chi connectivity index (χ1n) is 12.0. The Kier molecular flexibility index (Phi) is 7.04. The number of anilines is 1. The number of aromatic nitrogens is 1. The van der Waals surface area contributed by atoms with E-state index in [1.54, 1.807) is 68.8 Å². The van der Waals surface area contributed by atoms with Gasteiger partial charge in [0.2, 0.25) is 0 Å². The fraction of sp³-hybridized carbons (Fsp3) is 0.100. The molecule has 3 N–H and O–H groups in total. The molecule has 4 aromatic rings. The molecule has 1 unspecified atom stereocenters. The Morgan fingerprint density at radius 3 is 2.21 bits per heavy atom. The fourth-order valence-electron chi connectivity index (χ4n) is 4.47. The lowest BCUT2D eigenvalue weighted by molar-refractivity contribution is -0.111. The first-order valence-corrected chi connectivity index (χ1v) is 12.8. The molecule has 1 aliphatic heterocycles. The highest BCUT2D eigenvalue weighted by Gasteiger charge is 2.35. The van der Waals surface area contributed by atoms with Gasteiger partial charge in [-0.25, -0.2) is 0 Å². The van der Waals surface area contributed by atoms with Gasteiger partial charge in [0.1, 0.15) is 22.0 Å². The Morgan fingerprint density at radius 2 is 1.62 bits per heavy atom. The van der Waals surface area contributed by atoms with Crippen molar-refractivity contribution in [3.8, 4) is 17.6 Å². The van der Waals surface area contributed by atoms with E-state index in [9.17, 15) is 14.9 Å². The molecule has 0 aliphatic carbocycles. The summed E-state index contributed by atoms with van der Waals surface area (Å²) in [6, 6.07) is 25.5. The maximum Gasteiger partial charge on any atom is 0.274 e. The monoisotopic (exact) mass is 536 g/mol. The number of para-hydroxylation sites is 1. The number of thiazole rings is 1. The number of nitrogens with two attached hydrogens (primary N) is 1. The molecule has 1 aliphatic rings. The van der Waals surface area contributed by atoms with E-state index >= 15 is 0 Å². The number of rotatable bonds is 6. The average molecular weight is 537 g/mol. The number of hydrogen-bond donors (Lipinski definition) is 2. The number of benzene rings is 3. The first kappa shape index (κ1) is 25.6. The van der Waals surface area contributed by atoms with Crippen LogP contribution < -0.4 is 35.3 Å². The number of amides is 1. The van der Waals surface area contributed by atoms with Crippen LogP contribution in [0.1, 0.15) is 17.0 Å². The molecule has 0 spiro atoms. The maximum absolute atomic E-state index is 13.9. The topological polar surface area (TPSA) is 119 Å². The molecule has 2 heterocycles. The van der Waals surface area contributed by atoms with E-state index in [-0.39, 0.29) is 17.0 Å². The molecule has 9 heteroatoms. The Labute approximate surface area is 228 Å². The zero-order chi connectivity index (χ0) is 27.5. The summed E-state index contributed by atoms with van der Waals surface area (Å²) in [7, 11) is 3.14. The maximum atomic E-state index is 13.9. The largest absolute Gasteiger partial charge is 0.497 e. The number of nitriles is 1. The second-order valence-electron chi connectivity index (χ2n) is 8.68. The van der Waals surface area contributed by atoms with Gasteiger partial charge in [-0.2, -0.15) is 5.26 Å².